The third-order valence-corrected chi connectivity index (χ3v) is 6.95. The van der Waals surface area contributed by atoms with Gasteiger partial charge < -0.3 is 20.9 Å². The smallest absolute Gasteiger partial charge is 0.238 e. The van der Waals surface area contributed by atoms with Crippen LogP contribution in [-0.4, -0.2) is 58.7 Å². The van der Waals surface area contributed by atoms with Crippen molar-refractivity contribution in [1.29, 1.82) is 0 Å². The molecule has 0 aliphatic rings. The van der Waals surface area contributed by atoms with Crippen molar-refractivity contribution in [1.82, 2.24) is 19.9 Å². The first-order valence-electron chi connectivity index (χ1n) is 12.4. The Morgan fingerprint density at radius 1 is 1.15 bits per heavy atom. The third kappa shape index (κ3) is 5.71. The first kappa shape index (κ1) is 26.2. The Balaban J connectivity index is 1.53. The predicted molar refractivity (Wildman–Crippen MR) is 157 cm³/mol. The van der Waals surface area contributed by atoms with E-state index in [9.17, 15) is 9.18 Å². The van der Waals surface area contributed by atoms with Gasteiger partial charge in [0.1, 0.15) is 0 Å². The first-order valence-corrected chi connectivity index (χ1v) is 13.2. The molecule has 4 heterocycles. The fourth-order valence-electron chi connectivity index (χ4n) is 4.40. The van der Waals surface area contributed by atoms with Crippen LogP contribution in [0.2, 0.25) is 0 Å². The summed E-state index contributed by atoms with van der Waals surface area (Å²) >= 11 is 1.12. The zero-order valence-electron chi connectivity index (χ0n) is 21.8. The number of nitrogens with zero attached hydrogens (tertiary/aromatic N) is 4. The van der Waals surface area contributed by atoms with E-state index in [1.165, 1.54) is 6.07 Å². The quantitative estimate of drug-likeness (QED) is 0.227. The van der Waals surface area contributed by atoms with E-state index in [0.29, 0.717) is 29.3 Å². The highest BCUT2D eigenvalue weighted by Crippen LogP contribution is 2.34. The molecule has 10 heteroatoms. The molecule has 5 aromatic rings. The van der Waals surface area contributed by atoms with E-state index < -0.39 is 0 Å². The van der Waals surface area contributed by atoms with Crippen LogP contribution in [0.25, 0.3) is 32.6 Å². The number of likely N-dealkylation sites (N-methyl/N-ethyl adjacent to an activating group) is 1. The summed E-state index contributed by atoms with van der Waals surface area (Å²) in [6.45, 7) is 2.77. The van der Waals surface area contributed by atoms with Crippen molar-refractivity contribution >= 4 is 45.2 Å². The van der Waals surface area contributed by atoms with Crippen LogP contribution < -0.4 is 11.1 Å². The number of halogens is 1. The Labute approximate surface area is 229 Å². The van der Waals surface area contributed by atoms with Crippen molar-refractivity contribution in [3.05, 3.63) is 83.5 Å². The second-order valence-electron chi connectivity index (χ2n) is 9.28. The maximum atomic E-state index is 13.8. The molecule has 39 heavy (non-hydrogen) atoms. The lowest BCUT2D eigenvalue weighted by Crippen LogP contribution is -2.27. The summed E-state index contributed by atoms with van der Waals surface area (Å²) in [5.74, 6) is -0.134. The minimum Gasteiger partial charge on any atom is -0.397 e. The maximum Gasteiger partial charge on any atom is 0.238 e. The lowest BCUT2D eigenvalue weighted by Gasteiger charge is -2.12. The van der Waals surface area contributed by atoms with Crippen LogP contribution in [0, 0.1) is 5.13 Å². The number of nitrogen functional groups attached to an aromatic ring is 1. The summed E-state index contributed by atoms with van der Waals surface area (Å²) in [7, 11) is 3.67. The Kier molecular flexibility index (Phi) is 7.49. The van der Waals surface area contributed by atoms with Gasteiger partial charge in [-0.05, 0) is 57.4 Å². The number of fused-ring (bicyclic) bond motifs is 1. The number of hydrogen-bond acceptors (Lipinski definition) is 7. The third-order valence-electron chi connectivity index (χ3n) is 6.04. The number of H-pyrrole nitrogens is 1. The Bertz CT molecular complexity index is 1690. The van der Waals surface area contributed by atoms with Gasteiger partial charge in [-0.15, -0.1) is 11.3 Å². The number of nitrogens with one attached hydrogen (secondary N) is 2. The number of carbonyl (C=O) groups excluding carboxylic acids is 1. The van der Waals surface area contributed by atoms with Crippen LogP contribution >= 0.6 is 11.3 Å². The molecular weight excluding hydrogens is 513 g/mol. The van der Waals surface area contributed by atoms with E-state index in [1.54, 1.807) is 29.6 Å². The van der Waals surface area contributed by atoms with E-state index >= 15 is 0 Å². The van der Waals surface area contributed by atoms with Gasteiger partial charge in [-0.25, -0.2) is 0 Å². The minimum absolute atomic E-state index is 0.134. The number of carbonyl (C=O) groups is 1. The van der Waals surface area contributed by atoms with Crippen LogP contribution in [-0.2, 0) is 4.79 Å². The number of aromatic nitrogens is 3. The van der Waals surface area contributed by atoms with Crippen LogP contribution in [0.4, 0.5) is 15.8 Å². The van der Waals surface area contributed by atoms with E-state index in [4.69, 9.17) is 10.7 Å². The first-order chi connectivity index (χ1) is 18.8. The van der Waals surface area contributed by atoms with Gasteiger partial charge in [-0.2, -0.15) is 4.39 Å². The number of anilines is 2. The zero-order chi connectivity index (χ0) is 27.5. The fourth-order valence-corrected chi connectivity index (χ4v) is 5.17. The summed E-state index contributed by atoms with van der Waals surface area (Å²) < 4.78 is 13.8. The molecule has 0 atom stereocenters. The Morgan fingerprint density at radius 2 is 2.00 bits per heavy atom. The molecule has 0 saturated carbocycles. The van der Waals surface area contributed by atoms with Crippen LogP contribution in [0.3, 0.4) is 0 Å². The maximum absolute atomic E-state index is 13.8. The largest absolute Gasteiger partial charge is 0.397 e. The molecule has 4 aromatic heterocycles. The highest BCUT2D eigenvalue weighted by atomic mass is 32.1. The Morgan fingerprint density at radius 3 is 2.74 bits per heavy atom. The summed E-state index contributed by atoms with van der Waals surface area (Å²) in [4.78, 5) is 32.0. The van der Waals surface area contributed by atoms with Gasteiger partial charge in [0.15, 0.2) is 5.13 Å². The molecule has 0 spiro atoms. The van der Waals surface area contributed by atoms with Crippen molar-refractivity contribution in [3.63, 3.8) is 0 Å². The monoisotopic (exact) mass is 541 g/mol. The van der Waals surface area contributed by atoms with Crippen molar-refractivity contribution < 1.29 is 9.18 Å². The second kappa shape index (κ2) is 11.1. The molecule has 8 nitrogen and oxygen atoms in total. The van der Waals surface area contributed by atoms with Crippen LogP contribution in [0.1, 0.15) is 18.2 Å². The van der Waals surface area contributed by atoms with Crippen LogP contribution in [0.15, 0.2) is 72.1 Å². The summed E-state index contributed by atoms with van der Waals surface area (Å²) in [6.07, 6.45) is 4.90. The topological polar surface area (TPSA) is 112 Å². The van der Waals surface area contributed by atoms with E-state index in [1.807, 2.05) is 57.4 Å². The average molecular weight is 542 g/mol. The van der Waals surface area contributed by atoms with Gasteiger partial charge >= 0.3 is 0 Å². The fraction of sp³-hybridized carbons (Fsp3) is 0.172. The van der Waals surface area contributed by atoms with Gasteiger partial charge in [0, 0.05) is 45.2 Å². The van der Waals surface area contributed by atoms with Gasteiger partial charge in [0.25, 0.3) is 0 Å². The van der Waals surface area contributed by atoms with Crippen molar-refractivity contribution in [2.24, 2.45) is 4.99 Å². The number of thiophene rings is 1. The minimum atomic E-state index is -0.223. The summed E-state index contributed by atoms with van der Waals surface area (Å²) in [6, 6.07) is 14.9. The lowest BCUT2D eigenvalue weighted by atomic mass is 10.0. The standard InChI is InChI=1S/C29H28FN7OS/c1-4-33-29(25-11-20-19(6-5-7-23(20)36-25)26-8-9-27(30)39-26)21-12-24(34-15-22(21)31)17-10-18(14-32-13-17)35-28(38)16-37(2)3/h5-15,36H,4,16,31H2,1-3H3,(H,35,38). The molecule has 0 fully saturated rings. The highest BCUT2D eigenvalue weighted by molar-refractivity contribution is 7.14. The van der Waals surface area contributed by atoms with Gasteiger partial charge in [0.2, 0.25) is 5.91 Å². The lowest BCUT2D eigenvalue weighted by molar-refractivity contribution is -0.116. The number of pyridine rings is 2. The van der Waals surface area contributed by atoms with Gasteiger partial charge in [0.05, 0.1) is 47.4 Å². The van der Waals surface area contributed by atoms with Crippen molar-refractivity contribution in [3.8, 4) is 21.7 Å². The number of nitrogens with two attached hydrogens (primary N) is 1. The summed E-state index contributed by atoms with van der Waals surface area (Å²) in [5, 5.41) is 3.61. The zero-order valence-corrected chi connectivity index (χ0v) is 22.6. The predicted octanol–water partition coefficient (Wildman–Crippen LogP) is 5.43. The van der Waals surface area contributed by atoms with Gasteiger partial charge in [-0.1, -0.05) is 12.1 Å². The van der Waals surface area contributed by atoms with Crippen LogP contribution in [0.5, 0.6) is 0 Å². The molecule has 0 bridgehead atoms. The van der Waals surface area contributed by atoms with E-state index in [0.717, 1.165) is 49.5 Å². The van der Waals surface area contributed by atoms with E-state index in [-0.39, 0.29) is 17.6 Å². The van der Waals surface area contributed by atoms with E-state index in [2.05, 4.69) is 20.3 Å². The number of aromatic amines is 1. The summed E-state index contributed by atoms with van der Waals surface area (Å²) in [5.41, 5.74) is 12.9. The molecule has 0 unspecified atom stereocenters. The molecule has 0 aliphatic carbocycles. The van der Waals surface area contributed by atoms with Crippen molar-refractivity contribution in [2.75, 3.05) is 38.2 Å². The molecule has 5 rings (SSSR count). The number of hydrogen-bond donors (Lipinski definition) is 3. The highest BCUT2D eigenvalue weighted by Gasteiger charge is 2.17. The van der Waals surface area contributed by atoms with Crippen molar-refractivity contribution in [2.45, 2.75) is 6.92 Å². The number of amides is 1. The number of aliphatic imine (C=N–C) groups is 1. The molecule has 0 radical (unpaired) electrons. The molecule has 4 N–H and O–H groups in total. The normalized spacial score (nSPS) is 11.9. The molecule has 1 amide bonds. The van der Waals surface area contributed by atoms with Gasteiger partial charge in [-0.3, -0.25) is 19.8 Å². The average Bonchev–Trinajstić information content (AvgIpc) is 3.53. The molecular formula is C29H28FN7OS. The Hall–Kier alpha value is -4.41. The number of rotatable bonds is 8. The second-order valence-corrected chi connectivity index (χ2v) is 10.3. The molecule has 198 valence electrons. The molecule has 0 aliphatic heterocycles. The molecule has 0 saturated heterocycles. The SMILES string of the molecule is CCN=C(c1cc2c(-c3ccc(F)s3)cccc2[nH]1)c1cc(-c2cncc(NC(=O)CN(C)C)c2)ncc1N. The molecule has 1 aromatic carbocycles. The number of benzene rings is 1.